The van der Waals surface area contributed by atoms with E-state index in [2.05, 4.69) is 10.1 Å². The second kappa shape index (κ2) is 10.7. The summed E-state index contributed by atoms with van der Waals surface area (Å²) < 4.78 is 41.1. The number of nitrogens with one attached hydrogen (secondary N) is 1. The molecular formula is C18H20Cl2F3N3O5. The number of nitro benzene ring substituents is 1. The highest BCUT2D eigenvalue weighted by Gasteiger charge is 2.32. The van der Waals surface area contributed by atoms with E-state index in [4.69, 9.17) is 0 Å². The molecule has 0 bridgehead atoms. The first-order chi connectivity index (χ1) is 13.7. The van der Waals surface area contributed by atoms with Crippen LogP contribution < -0.4 is 10.1 Å². The van der Waals surface area contributed by atoms with Crippen LogP contribution in [0.1, 0.15) is 17.2 Å². The SMILES string of the molecule is Cl.Cl.O=[N+]([O-])c1cc([C@@H](c2ccc(OC(F)(F)F)cc2)N2CCNCC2)cc(O)c1O. The third-order valence-corrected chi connectivity index (χ3v) is 4.55. The third-order valence-electron chi connectivity index (χ3n) is 4.55. The summed E-state index contributed by atoms with van der Waals surface area (Å²) in [6.07, 6.45) is -4.82. The quantitative estimate of drug-likeness (QED) is 0.336. The lowest BCUT2D eigenvalue weighted by molar-refractivity contribution is -0.386. The van der Waals surface area contributed by atoms with Crippen LogP contribution in [0.2, 0.25) is 0 Å². The van der Waals surface area contributed by atoms with Crippen molar-refractivity contribution in [1.82, 2.24) is 10.2 Å². The maximum absolute atomic E-state index is 12.4. The van der Waals surface area contributed by atoms with Crippen LogP contribution >= 0.6 is 24.8 Å². The van der Waals surface area contributed by atoms with Crippen LogP contribution in [0.3, 0.4) is 0 Å². The number of halogens is 5. The number of hydrogen-bond donors (Lipinski definition) is 3. The van der Waals surface area contributed by atoms with Crippen LogP contribution in [0, 0.1) is 10.1 Å². The summed E-state index contributed by atoms with van der Waals surface area (Å²) in [6.45, 7) is 2.44. The molecular weight excluding hydrogens is 466 g/mol. The number of nitrogens with zero attached hydrogens (tertiary/aromatic N) is 2. The molecule has 0 unspecified atom stereocenters. The lowest BCUT2D eigenvalue weighted by Gasteiger charge is -2.35. The third kappa shape index (κ3) is 6.50. The zero-order valence-electron chi connectivity index (χ0n) is 15.8. The van der Waals surface area contributed by atoms with E-state index in [1.807, 2.05) is 4.90 Å². The predicted octanol–water partition coefficient (Wildman–Crippen LogP) is 3.74. The van der Waals surface area contributed by atoms with E-state index in [0.717, 1.165) is 18.2 Å². The molecule has 0 aromatic heterocycles. The molecule has 0 saturated carbocycles. The maximum atomic E-state index is 12.4. The van der Waals surface area contributed by atoms with Gasteiger partial charge in [-0.05, 0) is 29.3 Å². The van der Waals surface area contributed by atoms with Crippen molar-refractivity contribution in [3.05, 3.63) is 57.6 Å². The Bertz CT molecular complexity index is 894. The molecule has 1 aliphatic rings. The van der Waals surface area contributed by atoms with E-state index >= 15 is 0 Å². The van der Waals surface area contributed by atoms with Crippen molar-refractivity contribution in [1.29, 1.82) is 0 Å². The molecule has 0 amide bonds. The highest BCUT2D eigenvalue weighted by Crippen LogP contribution is 2.41. The zero-order valence-corrected chi connectivity index (χ0v) is 17.5. The fraction of sp³-hybridized carbons (Fsp3) is 0.333. The molecule has 0 radical (unpaired) electrons. The van der Waals surface area contributed by atoms with E-state index in [0.29, 0.717) is 37.3 Å². The lowest BCUT2D eigenvalue weighted by atomic mass is 9.95. The fourth-order valence-electron chi connectivity index (χ4n) is 3.33. The molecule has 8 nitrogen and oxygen atoms in total. The minimum atomic E-state index is -4.82. The van der Waals surface area contributed by atoms with Crippen molar-refractivity contribution in [3.8, 4) is 17.2 Å². The van der Waals surface area contributed by atoms with Crippen molar-refractivity contribution in [2.24, 2.45) is 0 Å². The molecule has 3 rings (SSSR count). The summed E-state index contributed by atoms with van der Waals surface area (Å²) in [5, 5.41) is 34.1. The van der Waals surface area contributed by atoms with E-state index < -0.39 is 34.5 Å². The number of benzene rings is 2. The number of phenolic OH excluding ortho intramolecular Hbond substituents is 2. The Labute approximate surface area is 187 Å². The topological polar surface area (TPSA) is 108 Å². The van der Waals surface area contributed by atoms with Gasteiger partial charge in [0.15, 0.2) is 5.75 Å². The van der Waals surface area contributed by atoms with Gasteiger partial charge in [0, 0.05) is 32.2 Å². The smallest absolute Gasteiger partial charge is 0.504 e. The Hall–Kier alpha value is -2.47. The molecule has 13 heteroatoms. The summed E-state index contributed by atoms with van der Waals surface area (Å²) in [4.78, 5) is 12.4. The molecule has 1 fully saturated rings. The van der Waals surface area contributed by atoms with E-state index in [1.54, 1.807) is 0 Å². The Balaban J connectivity index is 0.00000240. The first-order valence-electron chi connectivity index (χ1n) is 8.66. The number of ether oxygens (including phenoxy) is 1. The lowest BCUT2D eigenvalue weighted by Crippen LogP contribution is -2.45. The number of aromatic hydroxyl groups is 2. The Morgan fingerprint density at radius 3 is 2.16 bits per heavy atom. The summed E-state index contributed by atoms with van der Waals surface area (Å²) >= 11 is 0. The molecule has 1 saturated heterocycles. The average molecular weight is 486 g/mol. The van der Waals surface area contributed by atoms with Gasteiger partial charge in [0.05, 0.1) is 11.0 Å². The van der Waals surface area contributed by atoms with Gasteiger partial charge in [-0.1, -0.05) is 12.1 Å². The minimum Gasteiger partial charge on any atom is -0.504 e. The van der Waals surface area contributed by atoms with Gasteiger partial charge in [-0.15, -0.1) is 38.0 Å². The van der Waals surface area contributed by atoms with Gasteiger partial charge >= 0.3 is 12.0 Å². The van der Waals surface area contributed by atoms with Crippen LogP contribution in [0.4, 0.5) is 18.9 Å². The van der Waals surface area contributed by atoms with Crippen LogP contribution in [-0.2, 0) is 0 Å². The van der Waals surface area contributed by atoms with E-state index in [1.165, 1.54) is 18.2 Å². The summed E-state index contributed by atoms with van der Waals surface area (Å²) in [5.41, 5.74) is 0.233. The molecule has 2 aromatic carbocycles. The van der Waals surface area contributed by atoms with Gasteiger partial charge in [-0.25, -0.2) is 0 Å². The standard InChI is InChI=1S/C18H18F3N3O5.2ClH/c19-18(20,21)29-13-3-1-11(2-4-13)16(23-7-5-22-6-8-23)12-9-14(24(27)28)17(26)15(25)10-12;;/h1-4,9-10,16,22,25-26H,5-8H2;2*1H/t16-;;/m1../s1. The van der Waals surface area contributed by atoms with Gasteiger partial charge in [0.1, 0.15) is 5.75 Å². The minimum absolute atomic E-state index is 0. The monoisotopic (exact) mass is 485 g/mol. The van der Waals surface area contributed by atoms with Gasteiger partial charge in [-0.3, -0.25) is 15.0 Å². The molecule has 172 valence electrons. The fourth-order valence-corrected chi connectivity index (χ4v) is 3.33. The van der Waals surface area contributed by atoms with Crippen molar-refractivity contribution in [2.45, 2.75) is 12.4 Å². The average Bonchev–Trinajstić information content (AvgIpc) is 2.65. The second-order valence-electron chi connectivity index (χ2n) is 6.47. The Kier molecular flexibility index (Phi) is 9.18. The molecule has 1 heterocycles. The first kappa shape index (κ1) is 26.6. The predicted molar refractivity (Wildman–Crippen MR) is 110 cm³/mol. The largest absolute Gasteiger partial charge is 0.573 e. The van der Waals surface area contributed by atoms with Crippen molar-refractivity contribution >= 4 is 30.5 Å². The van der Waals surface area contributed by atoms with Crippen LogP contribution in [0.15, 0.2) is 36.4 Å². The van der Waals surface area contributed by atoms with Crippen molar-refractivity contribution in [2.75, 3.05) is 26.2 Å². The highest BCUT2D eigenvalue weighted by molar-refractivity contribution is 5.85. The van der Waals surface area contributed by atoms with E-state index in [9.17, 15) is 33.5 Å². The zero-order chi connectivity index (χ0) is 21.2. The van der Waals surface area contributed by atoms with Gasteiger partial charge in [0.25, 0.3) is 0 Å². The number of nitro groups is 1. The molecule has 1 atom stereocenters. The number of phenols is 2. The second-order valence-corrected chi connectivity index (χ2v) is 6.47. The summed E-state index contributed by atoms with van der Waals surface area (Å²) in [5.74, 6) is -1.88. The molecule has 1 aliphatic heterocycles. The number of rotatable bonds is 5. The molecule has 2 aromatic rings. The number of piperazine rings is 1. The van der Waals surface area contributed by atoms with Gasteiger partial charge < -0.3 is 20.3 Å². The number of hydrogen-bond acceptors (Lipinski definition) is 7. The number of alkyl halides is 3. The van der Waals surface area contributed by atoms with Gasteiger partial charge in [-0.2, -0.15) is 0 Å². The summed E-state index contributed by atoms with van der Waals surface area (Å²) in [6, 6.07) is 6.98. The maximum Gasteiger partial charge on any atom is 0.573 e. The Morgan fingerprint density at radius 1 is 1.06 bits per heavy atom. The molecule has 0 spiro atoms. The van der Waals surface area contributed by atoms with Crippen LogP contribution in [0.5, 0.6) is 17.2 Å². The normalized spacial score (nSPS) is 15.3. The summed E-state index contributed by atoms with van der Waals surface area (Å²) in [7, 11) is 0. The van der Waals surface area contributed by atoms with Crippen LogP contribution in [-0.4, -0.2) is 52.6 Å². The molecule has 3 N–H and O–H groups in total. The van der Waals surface area contributed by atoms with Crippen molar-refractivity contribution in [3.63, 3.8) is 0 Å². The van der Waals surface area contributed by atoms with Crippen LogP contribution in [0.25, 0.3) is 0 Å². The Morgan fingerprint density at radius 2 is 1.65 bits per heavy atom. The first-order valence-corrected chi connectivity index (χ1v) is 8.66. The van der Waals surface area contributed by atoms with E-state index in [-0.39, 0.29) is 30.6 Å². The molecule has 0 aliphatic carbocycles. The van der Waals surface area contributed by atoms with Gasteiger partial charge in [0.2, 0.25) is 5.75 Å². The highest BCUT2D eigenvalue weighted by atomic mass is 35.5. The van der Waals surface area contributed by atoms with Crippen molar-refractivity contribution < 1.29 is 33.0 Å². The molecule has 31 heavy (non-hydrogen) atoms.